The number of aliphatic hydroxyl groups excluding tert-OH is 1. The van der Waals surface area contributed by atoms with E-state index in [4.69, 9.17) is 5.11 Å². The standard InChI is InChI=1S/C33H46N2O6/c1-4-6-19-35(20-7-5-2)24-16-14-23(15-17-24)29-32(40)31(33(29)41)30-26(36)21-25(22-27(30)37)34(3)18-12-10-8-9-11-13-28(38)39/h14-17,21-22,31,36-37,40H,4-13,18-20H2,1-3H3,(H,38,39). The zero-order valence-corrected chi connectivity index (χ0v) is 24.7. The number of carboxylic acid groups (broad SMARTS) is 1. The molecule has 0 saturated heterocycles. The van der Waals surface area contributed by atoms with Crippen molar-refractivity contribution >= 4 is 28.7 Å². The number of allylic oxidation sites excluding steroid dienone is 2. The Morgan fingerprint density at radius 1 is 0.780 bits per heavy atom. The van der Waals surface area contributed by atoms with Crippen LogP contribution in [0.5, 0.6) is 11.5 Å². The molecule has 0 fully saturated rings. The second-order valence-corrected chi connectivity index (χ2v) is 11.0. The average Bonchev–Trinajstić information content (AvgIpc) is 2.94. The van der Waals surface area contributed by atoms with Gasteiger partial charge in [-0.3, -0.25) is 9.59 Å². The quantitative estimate of drug-likeness (QED) is 0.142. The van der Waals surface area contributed by atoms with Crippen molar-refractivity contribution in [1.29, 1.82) is 0 Å². The Hall–Kier alpha value is -3.68. The van der Waals surface area contributed by atoms with Crippen LogP contribution in [0.15, 0.2) is 42.2 Å². The van der Waals surface area contributed by atoms with Crippen molar-refractivity contribution in [2.45, 2.75) is 84.0 Å². The zero-order valence-electron chi connectivity index (χ0n) is 24.7. The number of rotatable bonds is 18. The number of unbranched alkanes of at least 4 members (excludes halogenated alkanes) is 6. The molecule has 0 aromatic heterocycles. The summed E-state index contributed by atoms with van der Waals surface area (Å²) in [4.78, 5) is 28.1. The lowest BCUT2D eigenvalue weighted by Crippen LogP contribution is -2.29. The van der Waals surface area contributed by atoms with Gasteiger partial charge in [0.05, 0.1) is 11.1 Å². The maximum atomic E-state index is 13.2. The second kappa shape index (κ2) is 15.4. The number of carbonyl (C=O) groups is 2. The van der Waals surface area contributed by atoms with Gasteiger partial charge in [0.2, 0.25) is 0 Å². The predicted molar refractivity (Wildman–Crippen MR) is 164 cm³/mol. The highest BCUT2D eigenvalue weighted by atomic mass is 16.4. The molecule has 3 rings (SSSR count). The maximum Gasteiger partial charge on any atom is 0.303 e. The van der Waals surface area contributed by atoms with Crippen molar-refractivity contribution in [3.8, 4) is 11.5 Å². The Morgan fingerprint density at radius 3 is 1.88 bits per heavy atom. The molecule has 8 heteroatoms. The van der Waals surface area contributed by atoms with Gasteiger partial charge in [-0.15, -0.1) is 0 Å². The number of Topliss-reactive ketones (excluding diaryl/α,β-unsaturated/α-hetero) is 1. The van der Waals surface area contributed by atoms with Gasteiger partial charge in [0, 0.05) is 56.6 Å². The number of phenols is 2. The van der Waals surface area contributed by atoms with Gasteiger partial charge in [-0.2, -0.15) is 0 Å². The molecule has 1 unspecified atom stereocenters. The molecular weight excluding hydrogens is 520 g/mol. The summed E-state index contributed by atoms with van der Waals surface area (Å²) in [6, 6.07) is 10.7. The molecule has 0 bridgehead atoms. The molecule has 1 aliphatic carbocycles. The molecule has 2 aromatic carbocycles. The lowest BCUT2D eigenvalue weighted by molar-refractivity contribution is -0.137. The third-order valence-corrected chi connectivity index (χ3v) is 7.86. The van der Waals surface area contributed by atoms with Gasteiger partial charge >= 0.3 is 5.97 Å². The van der Waals surface area contributed by atoms with Crippen molar-refractivity contribution in [3.05, 3.63) is 53.3 Å². The van der Waals surface area contributed by atoms with Gasteiger partial charge < -0.3 is 30.2 Å². The number of nitrogens with zero attached hydrogens (tertiary/aromatic N) is 2. The van der Waals surface area contributed by atoms with Gasteiger partial charge in [-0.05, 0) is 43.4 Å². The van der Waals surface area contributed by atoms with Crippen LogP contribution >= 0.6 is 0 Å². The summed E-state index contributed by atoms with van der Waals surface area (Å²) in [6.45, 7) is 6.99. The molecule has 4 N–H and O–H groups in total. The number of aliphatic hydroxyl groups is 1. The van der Waals surface area contributed by atoms with Crippen molar-refractivity contribution in [2.24, 2.45) is 0 Å². The highest BCUT2D eigenvalue weighted by Gasteiger charge is 2.44. The number of aliphatic carboxylic acids is 1. The fourth-order valence-electron chi connectivity index (χ4n) is 5.34. The Bertz CT molecular complexity index is 1180. The van der Waals surface area contributed by atoms with Crippen LogP contribution in [-0.4, -0.2) is 58.9 Å². The number of carbonyl (C=O) groups excluding carboxylic acids is 1. The van der Waals surface area contributed by atoms with Crippen LogP contribution in [0.3, 0.4) is 0 Å². The highest BCUT2D eigenvalue weighted by Crippen LogP contribution is 2.49. The summed E-state index contributed by atoms with van der Waals surface area (Å²) in [6.07, 6.45) is 8.99. The van der Waals surface area contributed by atoms with Gasteiger partial charge in [0.25, 0.3) is 0 Å². The normalized spacial score (nSPS) is 14.7. The number of ketones is 1. The first-order chi connectivity index (χ1) is 19.7. The minimum absolute atomic E-state index is 0.0220. The van der Waals surface area contributed by atoms with Gasteiger partial charge in [0.1, 0.15) is 23.2 Å². The Labute approximate surface area is 243 Å². The van der Waals surface area contributed by atoms with E-state index in [1.54, 1.807) is 0 Å². The summed E-state index contributed by atoms with van der Waals surface area (Å²) in [5, 5.41) is 41.2. The van der Waals surface area contributed by atoms with Crippen LogP contribution in [0.2, 0.25) is 0 Å². The first kappa shape index (κ1) is 31.8. The third-order valence-electron chi connectivity index (χ3n) is 7.86. The minimum atomic E-state index is -1.10. The number of phenolic OH excluding ortho intramolecular Hbond substituents is 2. The molecule has 0 aliphatic heterocycles. The van der Waals surface area contributed by atoms with E-state index in [1.165, 1.54) is 12.1 Å². The number of aromatic hydroxyl groups is 2. The first-order valence-corrected chi connectivity index (χ1v) is 15.0. The number of hydrogen-bond donors (Lipinski definition) is 4. The number of hydrogen-bond acceptors (Lipinski definition) is 7. The fourth-order valence-corrected chi connectivity index (χ4v) is 5.34. The lowest BCUT2D eigenvalue weighted by Gasteiger charge is -2.30. The molecular formula is C33H46N2O6. The van der Waals surface area contributed by atoms with Gasteiger partial charge in [-0.25, -0.2) is 0 Å². The summed E-state index contributed by atoms with van der Waals surface area (Å²) >= 11 is 0. The smallest absolute Gasteiger partial charge is 0.303 e. The van der Waals surface area contributed by atoms with Crippen LogP contribution in [-0.2, 0) is 9.59 Å². The van der Waals surface area contributed by atoms with Crippen LogP contribution < -0.4 is 9.80 Å². The maximum absolute atomic E-state index is 13.2. The Morgan fingerprint density at radius 2 is 1.34 bits per heavy atom. The Kier molecular flexibility index (Phi) is 11.9. The fraction of sp³-hybridized carbons (Fsp3) is 0.515. The van der Waals surface area contributed by atoms with Crippen molar-refractivity contribution in [1.82, 2.24) is 0 Å². The second-order valence-electron chi connectivity index (χ2n) is 11.0. The van der Waals surface area contributed by atoms with Crippen LogP contribution in [0.25, 0.3) is 5.57 Å². The molecule has 41 heavy (non-hydrogen) atoms. The first-order valence-electron chi connectivity index (χ1n) is 15.0. The summed E-state index contributed by atoms with van der Waals surface area (Å²) in [5.41, 5.74) is 2.56. The monoisotopic (exact) mass is 566 g/mol. The minimum Gasteiger partial charge on any atom is -0.510 e. The molecule has 0 saturated carbocycles. The SMILES string of the molecule is CCCCN(CCCC)c1ccc(C2=C(O)C(c3c(O)cc(N(C)CCCCCCCC(=O)O)cc3O)C2=O)cc1. The molecule has 8 nitrogen and oxygen atoms in total. The molecule has 2 aromatic rings. The third kappa shape index (κ3) is 8.18. The molecule has 224 valence electrons. The van der Waals surface area contributed by atoms with E-state index in [2.05, 4.69) is 18.7 Å². The van der Waals surface area contributed by atoms with Gasteiger partial charge in [-0.1, -0.05) is 58.1 Å². The predicted octanol–water partition coefficient (Wildman–Crippen LogP) is 7.00. The Balaban J connectivity index is 1.66. The topological polar surface area (TPSA) is 122 Å². The number of carboxylic acids is 1. The number of benzene rings is 2. The van der Waals surface area contributed by atoms with E-state index in [0.29, 0.717) is 24.2 Å². The van der Waals surface area contributed by atoms with E-state index < -0.39 is 11.9 Å². The molecule has 0 heterocycles. The average molecular weight is 567 g/mol. The summed E-state index contributed by atoms with van der Waals surface area (Å²) in [7, 11) is 1.86. The van der Waals surface area contributed by atoms with Crippen molar-refractivity contribution < 1.29 is 30.0 Å². The van der Waals surface area contributed by atoms with Crippen molar-refractivity contribution in [3.63, 3.8) is 0 Å². The van der Waals surface area contributed by atoms with Crippen molar-refractivity contribution in [2.75, 3.05) is 36.5 Å². The summed E-state index contributed by atoms with van der Waals surface area (Å²) < 4.78 is 0. The van der Waals surface area contributed by atoms with E-state index in [0.717, 1.165) is 70.1 Å². The van der Waals surface area contributed by atoms with Gasteiger partial charge in [0.15, 0.2) is 5.78 Å². The van der Waals surface area contributed by atoms with Crippen LogP contribution in [0.4, 0.5) is 11.4 Å². The molecule has 0 spiro atoms. The molecule has 1 aliphatic rings. The molecule has 0 radical (unpaired) electrons. The summed E-state index contributed by atoms with van der Waals surface area (Å²) in [5.74, 6) is -2.81. The van der Waals surface area contributed by atoms with E-state index in [-0.39, 0.29) is 40.6 Å². The molecule has 0 amide bonds. The van der Waals surface area contributed by atoms with Crippen LogP contribution in [0, 0.1) is 0 Å². The largest absolute Gasteiger partial charge is 0.510 e. The zero-order chi connectivity index (χ0) is 29.9. The molecule has 1 atom stereocenters. The lowest BCUT2D eigenvalue weighted by atomic mass is 9.74. The van der Waals surface area contributed by atoms with E-state index in [1.807, 2.05) is 36.2 Å². The van der Waals surface area contributed by atoms with E-state index >= 15 is 0 Å². The van der Waals surface area contributed by atoms with Crippen LogP contribution in [0.1, 0.15) is 95.1 Å². The highest BCUT2D eigenvalue weighted by molar-refractivity contribution is 6.32. The van der Waals surface area contributed by atoms with E-state index in [9.17, 15) is 24.9 Å². The number of anilines is 2.